The van der Waals surface area contributed by atoms with Gasteiger partial charge in [-0.25, -0.2) is 14.8 Å². The minimum absolute atomic E-state index is 0.113. The predicted octanol–water partition coefficient (Wildman–Crippen LogP) is 3.05. The number of carbonyl (C=O) groups excluding carboxylic acids is 1. The van der Waals surface area contributed by atoms with Crippen LogP contribution < -0.4 is 4.90 Å². The number of fused-ring (bicyclic) bond motifs is 1. The van der Waals surface area contributed by atoms with Crippen molar-refractivity contribution in [1.29, 1.82) is 0 Å². The van der Waals surface area contributed by atoms with E-state index < -0.39 is 18.0 Å². The minimum Gasteiger partial charge on any atom is -0.465 e. The predicted molar refractivity (Wildman–Crippen MR) is 88.1 cm³/mol. The zero-order valence-corrected chi connectivity index (χ0v) is 14.5. The Morgan fingerprint density at radius 2 is 1.88 bits per heavy atom. The molecule has 2 unspecified atom stereocenters. The van der Waals surface area contributed by atoms with E-state index in [1.54, 1.807) is 4.90 Å². The van der Waals surface area contributed by atoms with E-state index in [9.17, 15) is 18.0 Å². The molecule has 1 aliphatic rings. The van der Waals surface area contributed by atoms with E-state index in [-0.39, 0.29) is 29.1 Å². The molecule has 1 aliphatic heterocycles. The molecule has 6 nitrogen and oxygen atoms in total. The molecule has 2 atom stereocenters. The van der Waals surface area contributed by atoms with Gasteiger partial charge in [-0.1, -0.05) is 0 Å². The van der Waals surface area contributed by atoms with Gasteiger partial charge in [0.1, 0.15) is 5.82 Å². The first kappa shape index (κ1) is 18.4. The standard InChI is InChI=1S/C17H18F3N3O3/c1-9-7-23(8-10(2)26-9)14-12-6-11(15(24)25-3)4-5-13(12)21-16(22-14)17(18,19)20/h4-6,9-10H,7-8H2,1-3H3. The fourth-order valence-electron chi connectivity index (χ4n) is 3.08. The largest absolute Gasteiger partial charge is 0.465 e. The van der Waals surface area contributed by atoms with Crippen LogP contribution in [0.25, 0.3) is 10.9 Å². The fraction of sp³-hybridized carbons (Fsp3) is 0.471. The number of carbonyl (C=O) groups is 1. The highest BCUT2D eigenvalue weighted by Crippen LogP contribution is 2.33. The van der Waals surface area contributed by atoms with Gasteiger partial charge < -0.3 is 14.4 Å². The van der Waals surface area contributed by atoms with Crippen LogP contribution in [-0.4, -0.2) is 48.3 Å². The Hall–Kier alpha value is -2.42. The molecule has 0 spiro atoms. The molecule has 1 fully saturated rings. The maximum Gasteiger partial charge on any atom is 0.451 e. The first-order valence-electron chi connectivity index (χ1n) is 8.06. The van der Waals surface area contributed by atoms with E-state index in [0.29, 0.717) is 18.5 Å². The molecule has 2 heterocycles. The summed E-state index contributed by atoms with van der Waals surface area (Å²) >= 11 is 0. The Morgan fingerprint density at radius 3 is 2.46 bits per heavy atom. The first-order valence-corrected chi connectivity index (χ1v) is 8.06. The molecular formula is C17H18F3N3O3. The second-order valence-corrected chi connectivity index (χ2v) is 6.25. The number of aromatic nitrogens is 2. The van der Waals surface area contributed by atoms with Gasteiger partial charge in [-0.2, -0.15) is 13.2 Å². The maximum atomic E-state index is 13.2. The number of methoxy groups -OCH3 is 1. The summed E-state index contributed by atoms with van der Waals surface area (Å²) in [5.74, 6) is -1.66. The van der Waals surface area contributed by atoms with Crippen LogP contribution in [0.4, 0.5) is 19.0 Å². The average Bonchev–Trinajstić information content (AvgIpc) is 2.57. The molecule has 0 aliphatic carbocycles. The topological polar surface area (TPSA) is 64.5 Å². The molecule has 0 saturated carbocycles. The number of anilines is 1. The summed E-state index contributed by atoms with van der Waals surface area (Å²) in [7, 11) is 1.24. The summed E-state index contributed by atoms with van der Waals surface area (Å²) in [5.41, 5.74) is 0.334. The molecule has 26 heavy (non-hydrogen) atoms. The quantitative estimate of drug-likeness (QED) is 0.758. The van der Waals surface area contributed by atoms with Crippen molar-refractivity contribution in [1.82, 2.24) is 9.97 Å². The van der Waals surface area contributed by atoms with Gasteiger partial charge >= 0.3 is 12.1 Å². The number of esters is 1. The van der Waals surface area contributed by atoms with Crippen molar-refractivity contribution in [3.05, 3.63) is 29.6 Å². The molecule has 2 aromatic rings. The molecule has 1 saturated heterocycles. The normalized spacial score (nSPS) is 21.1. The van der Waals surface area contributed by atoms with Crippen molar-refractivity contribution in [2.45, 2.75) is 32.2 Å². The van der Waals surface area contributed by atoms with Crippen molar-refractivity contribution in [2.75, 3.05) is 25.1 Å². The van der Waals surface area contributed by atoms with E-state index in [1.807, 2.05) is 13.8 Å². The van der Waals surface area contributed by atoms with E-state index in [4.69, 9.17) is 4.74 Å². The number of benzene rings is 1. The van der Waals surface area contributed by atoms with Gasteiger partial charge in [0.25, 0.3) is 0 Å². The minimum atomic E-state index is -4.67. The van der Waals surface area contributed by atoms with Gasteiger partial charge in [0, 0.05) is 18.5 Å². The average molecular weight is 369 g/mol. The van der Waals surface area contributed by atoms with Crippen molar-refractivity contribution in [3.8, 4) is 0 Å². The molecule has 3 rings (SSSR count). The van der Waals surface area contributed by atoms with Crippen molar-refractivity contribution in [3.63, 3.8) is 0 Å². The molecule has 0 bridgehead atoms. The monoisotopic (exact) mass is 369 g/mol. The third kappa shape index (κ3) is 3.57. The zero-order valence-electron chi connectivity index (χ0n) is 14.5. The summed E-state index contributed by atoms with van der Waals surface area (Å²) in [6, 6.07) is 4.21. The highest BCUT2D eigenvalue weighted by atomic mass is 19.4. The smallest absolute Gasteiger partial charge is 0.451 e. The van der Waals surface area contributed by atoms with Crippen LogP contribution in [0.2, 0.25) is 0 Å². The Bertz CT molecular complexity index is 831. The van der Waals surface area contributed by atoms with Crippen LogP contribution in [0.1, 0.15) is 30.0 Å². The summed E-state index contributed by atoms with van der Waals surface area (Å²) in [5, 5.41) is 0.363. The number of hydrogen-bond donors (Lipinski definition) is 0. The number of rotatable bonds is 2. The number of alkyl halides is 3. The SMILES string of the molecule is COC(=O)c1ccc2nc(C(F)(F)F)nc(N3CC(C)OC(C)C3)c2c1. The van der Waals surface area contributed by atoms with Crippen LogP contribution in [0.5, 0.6) is 0 Å². The van der Waals surface area contributed by atoms with Crippen molar-refractivity contribution >= 4 is 22.7 Å². The lowest BCUT2D eigenvalue weighted by molar-refractivity contribution is -0.144. The van der Waals surface area contributed by atoms with Crippen molar-refractivity contribution < 1.29 is 27.4 Å². The van der Waals surface area contributed by atoms with Gasteiger partial charge in [-0.3, -0.25) is 0 Å². The summed E-state index contributed by atoms with van der Waals surface area (Å²) < 4.78 is 50.0. The lowest BCUT2D eigenvalue weighted by atomic mass is 10.1. The lowest BCUT2D eigenvalue weighted by Gasteiger charge is -2.36. The number of ether oxygens (including phenoxy) is 2. The van der Waals surface area contributed by atoms with Crippen LogP contribution >= 0.6 is 0 Å². The van der Waals surface area contributed by atoms with Gasteiger partial charge in [-0.05, 0) is 32.0 Å². The molecular weight excluding hydrogens is 351 g/mol. The number of halogens is 3. The Morgan fingerprint density at radius 1 is 1.23 bits per heavy atom. The Balaban J connectivity index is 2.20. The van der Waals surface area contributed by atoms with Crippen LogP contribution in [-0.2, 0) is 15.7 Å². The van der Waals surface area contributed by atoms with Gasteiger partial charge in [0.2, 0.25) is 5.82 Å². The van der Waals surface area contributed by atoms with Crippen LogP contribution in [0.15, 0.2) is 18.2 Å². The van der Waals surface area contributed by atoms with Crippen LogP contribution in [0, 0.1) is 0 Å². The Labute approximate surface area is 147 Å². The van der Waals surface area contributed by atoms with Gasteiger partial charge in [0.15, 0.2) is 0 Å². The van der Waals surface area contributed by atoms with E-state index >= 15 is 0 Å². The van der Waals surface area contributed by atoms with E-state index in [0.717, 1.165) is 0 Å². The highest BCUT2D eigenvalue weighted by molar-refractivity contribution is 5.98. The van der Waals surface area contributed by atoms with E-state index in [2.05, 4.69) is 14.7 Å². The lowest BCUT2D eigenvalue weighted by Crippen LogP contribution is -2.46. The third-order valence-electron chi connectivity index (χ3n) is 4.07. The molecule has 0 amide bonds. The number of hydrogen-bond acceptors (Lipinski definition) is 6. The molecule has 140 valence electrons. The molecule has 9 heteroatoms. The molecule has 0 radical (unpaired) electrons. The second-order valence-electron chi connectivity index (χ2n) is 6.25. The molecule has 1 aromatic heterocycles. The zero-order chi connectivity index (χ0) is 19.1. The summed E-state index contributed by atoms with van der Waals surface area (Å²) in [6.45, 7) is 4.46. The fourth-order valence-corrected chi connectivity index (χ4v) is 3.08. The van der Waals surface area contributed by atoms with Gasteiger partial charge in [0.05, 0.1) is 30.4 Å². The van der Waals surface area contributed by atoms with Crippen molar-refractivity contribution in [2.24, 2.45) is 0 Å². The maximum absolute atomic E-state index is 13.2. The first-order chi connectivity index (χ1) is 12.2. The Kier molecular flexibility index (Phi) is 4.74. The molecule has 1 aromatic carbocycles. The number of morpholine rings is 1. The van der Waals surface area contributed by atoms with Gasteiger partial charge in [-0.15, -0.1) is 0 Å². The third-order valence-corrected chi connectivity index (χ3v) is 4.07. The highest BCUT2D eigenvalue weighted by Gasteiger charge is 2.37. The second kappa shape index (κ2) is 6.71. The van der Waals surface area contributed by atoms with E-state index in [1.165, 1.54) is 25.3 Å². The number of nitrogens with zero attached hydrogens (tertiary/aromatic N) is 3. The summed E-state index contributed by atoms with van der Waals surface area (Å²) in [4.78, 5) is 20.9. The molecule has 0 N–H and O–H groups in total. The summed E-state index contributed by atoms with van der Waals surface area (Å²) in [6.07, 6.45) is -5.00. The van der Waals surface area contributed by atoms with Crippen LogP contribution in [0.3, 0.4) is 0 Å².